The third-order valence-electron chi connectivity index (χ3n) is 5.79. The van der Waals surface area contributed by atoms with Gasteiger partial charge in [0.15, 0.2) is 0 Å². The Bertz CT molecular complexity index is 1350. The highest BCUT2D eigenvalue weighted by Gasteiger charge is 2.34. The van der Waals surface area contributed by atoms with Crippen LogP contribution in [0.5, 0.6) is 0 Å². The Hall–Kier alpha value is -3.94. The molecule has 1 N–H and O–H groups in total. The van der Waals surface area contributed by atoms with E-state index in [1.54, 1.807) is 12.1 Å². The molecule has 160 valence electrons. The second kappa shape index (κ2) is 7.64. The molecule has 4 aromatic rings. The van der Waals surface area contributed by atoms with Gasteiger partial charge in [-0.15, -0.1) is 5.10 Å². The van der Waals surface area contributed by atoms with Crippen LogP contribution in [0.2, 0.25) is 0 Å². The number of amides is 1. The lowest BCUT2D eigenvalue weighted by Crippen LogP contribution is -2.25. The largest absolute Gasteiger partial charge is 0.310 e. The second-order valence-corrected chi connectivity index (χ2v) is 8.07. The maximum absolute atomic E-state index is 13.3. The number of fused-ring (bicyclic) bond motifs is 1. The monoisotopic (exact) mass is 428 g/mol. The predicted octanol–water partition coefficient (Wildman–Crippen LogP) is 4.26. The molecule has 32 heavy (non-hydrogen) atoms. The molecule has 0 bridgehead atoms. The minimum atomic E-state index is -0.326. The van der Waals surface area contributed by atoms with Crippen LogP contribution in [0.1, 0.15) is 40.3 Å². The Kier molecular flexibility index (Phi) is 4.77. The fourth-order valence-electron chi connectivity index (χ4n) is 4.24. The number of benzene rings is 2. The van der Waals surface area contributed by atoms with Crippen molar-refractivity contribution >= 4 is 11.7 Å². The molecular weight excluding hydrogens is 407 g/mol. The third kappa shape index (κ3) is 3.43. The molecule has 3 heterocycles. The van der Waals surface area contributed by atoms with E-state index in [1.807, 2.05) is 13.8 Å². The van der Waals surface area contributed by atoms with Crippen LogP contribution in [0, 0.1) is 26.6 Å². The molecule has 7 nitrogen and oxygen atoms in total. The number of anilines is 1. The highest BCUT2D eigenvalue weighted by Crippen LogP contribution is 2.41. The van der Waals surface area contributed by atoms with Gasteiger partial charge in [0.2, 0.25) is 5.91 Å². The van der Waals surface area contributed by atoms with Crippen molar-refractivity contribution < 1.29 is 9.18 Å². The molecule has 8 heteroatoms. The molecule has 0 saturated carbocycles. The zero-order valence-electron chi connectivity index (χ0n) is 17.9. The summed E-state index contributed by atoms with van der Waals surface area (Å²) in [6.07, 6.45) is 1.86. The van der Waals surface area contributed by atoms with Crippen molar-refractivity contribution in [1.29, 1.82) is 0 Å². The molecular formula is C24H21FN6O. The number of nitrogens with one attached hydrogen (secondary N) is 1. The van der Waals surface area contributed by atoms with Crippen molar-refractivity contribution in [2.45, 2.75) is 33.1 Å². The zero-order valence-corrected chi connectivity index (χ0v) is 17.9. The predicted molar refractivity (Wildman–Crippen MR) is 118 cm³/mol. The van der Waals surface area contributed by atoms with Gasteiger partial charge >= 0.3 is 0 Å². The lowest BCUT2D eigenvalue weighted by Gasteiger charge is -2.25. The molecule has 1 amide bonds. The molecule has 0 unspecified atom stereocenters. The molecule has 5 rings (SSSR count). The van der Waals surface area contributed by atoms with Crippen molar-refractivity contribution in [3.8, 4) is 17.2 Å². The summed E-state index contributed by atoms with van der Waals surface area (Å²) in [7, 11) is 0. The summed E-state index contributed by atoms with van der Waals surface area (Å²) in [5.41, 5.74) is 6.37. The van der Waals surface area contributed by atoms with Gasteiger partial charge < -0.3 is 5.32 Å². The summed E-state index contributed by atoms with van der Waals surface area (Å²) in [5.74, 6) is 0.265. The van der Waals surface area contributed by atoms with E-state index in [0.717, 1.165) is 27.9 Å². The fourth-order valence-corrected chi connectivity index (χ4v) is 4.24. The van der Waals surface area contributed by atoms with E-state index in [1.165, 1.54) is 23.0 Å². The van der Waals surface area contributed by atoms with Gasteiger partial charge in [-0.05, 0) is 56.2 Å². The molecule has 0 saturated heterocycles. The molecule has 0 aliphatic carbocycles. The first-order valence-corrected chi connectivity index (χ1v) is 10.3. The molecule has 1 atom stereocenters. The molecule has 0 radical (unpaired) electrons. The normalized spacial score (nSPS) is 15.4. The number of rotatable bonds is 3. The Balaban J connectivity index is 1.63. The standard InChI is InChI=1S/C24H21FN6O/c1-13-4-5-14(2)18(10-13)19-11-21(32)28-23-22(19)15(3)30-31(23)24-27-20(12-26-29-24)16-6-8-17(25)9-7-16/h4-10,12,19H,11H2,1-3H3,(H,28,32)/t19-/m1/s1. The Labute approximate surface area is 184 Å². The van der Waals surface area contributed by atoms with Gasteiger partial charge in [0.05, 0.1) is 17.6 Å². The minimum absolute atomic E-state index is 0.0906. The number of carbonyl (C=O) groups excluding carboxylic acids is 1. The van der Waals surface area contributed by atoms with Crippen LogP contribution >= 0.6 is 0 Å². The molecule has 0 spiro atoms. The van der Waals surface area contributed by atoms with Gasteiger partial charge in [0, 0.05) is 23.5 Å². The number of aryl methyl sites for hydroxylation is 3. The maximum Gasteiger partial charge on any atom is 0.272 e. The molecule has 1 aliphatic heterocycles. The number of halogens is 1. The first-order chi connectivity index (χ1) is 15.4. The first kappa shape index (κ1) is 20.0. The molecule has 2 aromatic carbocycles. The van der Waals surface area contributed by atoms with Crippen molar-refractivity contribution in [3.05, 3.63) is 82.4 Å². The highest BCUT2D eigenvalue weighted by molar-refractivity contribution is 5.95. The SMILES string of the molecule is Cc1ccc(C)c([C@H]2CC(=O)Nc3c2c(C)nn3-c2nncc(-c3ccc(F)cc3)n2)c1. The Morgan fingerprint density at radius 3 is 2.66 bits per heavy atom. The van der Waals surface area contributed by atoms with Crippen LogP contribution in [0.25, 0.3) is 17.2 Å². The average Bonchev–Trinajstić information content (AvgIpc) is 3.11. The van der Waals surface area contributed by atoms with Crippen LogP contribution in [0.3, 0.4) is 0 Å². The van der Waals surface area contributed by atoms with Crippen molar-refractivity contribution in [1.82, 2.24) is 25.0 Å². The zero-order chi connectivity index (χ0) is 22.4. The van der Waals surface area contributed by atoms with Crippen LogP contribution in [-0.4, -0.2) is 30.9 Å². The van der Waals surface area contributed by atoms with Gasteiger partial charge in [-0.3, -0.25) is 4.79 Å². The summed E-state index contributed by atoms with van der Waals surface area (Å²) in [6.45, 7) is 6.02. The van der Waals surface area contributed by atoms with E-state index in [0.29, 0.717) is 23.5 Å². The lowest BCUT2D eigenvalue weighted by molar-refractivity contribution is -0.116. The topological polar surface area (TPSA) is 85.6 Å². The Morgan fingerprint density at radius 2 is 1.88 bits per heavy atom. The van der Waals surface area contributed by atoms with Crippen LogP contribution in [0.4, 0.5) is 10.2 Å². The van der Waals surface area contributed by atoms with Crippen molar-refractivity contribution in [3.63, 3.8) is 0 Å². The smallest absolute Gasteiger partial charge is 0.272 e. The van der Waals surface area contributed by atoms with Gasteiger partial charge in [0.25, 0.3) is 5.95 Å². The minimum Gasteiger partial charge on any atom is -0.310 e. The van der Waals surface area contributed by atoms with Crippen molar-refractivity contribution in [2.75, 3.05) is 5.32 Å². The number of carbonyl (C=O) groups is 1. The number of hydrogen-bond donors (Lipinski definition) is 1. The summed E-state index contributed by atoms with van der Waals surface area (Å²) < 4.78 is 14.8. The Morgan fingerprint density at radius 1 is 1.09 bits per heavy atom. The first-order valence-electron chi connectivity index (χ1n) is 10.3. The summed E-state index contributed by atoms with van der Waals surface area (Å²) in [6, 6.07) is 12.3. The maximum atomic E-state index is 13.3. The molecule has 0 fully saturated rings. The average molecular weight is 428 g/mol. The number of hydrogen-bond acceptors (Lipinski definition) is 5. The van der Waals surface area contributed by atoms with E-state index in [-0.39, 0.29) is 23.6 Å². The van der Waals surface area contributed by atoms with Crippen molar-refractivity contribution in [2.24, 2.45) is 0 Å². The van der Waals surface area contributed by atoms with Gasteiger partial charge in [-0.25, -0.2) is 9.37 Å². The summed E-state index contributed by atoms with van der Waals surface area (Å²) >= 11 is 0. The van der Waals surface area contributed by atoms with E-state index >= 15 is 0 Å². The highest BCUT2D eigenvalue weighted by atomic mass is 19.1. The third-order valence-corrected chi connectivity index (χ3v) is 5.79. The lowest BCUT2D eigenvalue weighted by atomic mass is 9.83. The molecule has 1 aliphatic rings. The van der Waals surface area contributed by atoms with Crippen LogP contribution in [-0.2, 0) is 4.79 Å². The van der Waals surface area contributed by atoms with Gasteiger partial charge in [-0.2, -0.15) is 14.9 Å². The summed E-state index contributed by atoms with van der Waals surface area (Å²) in [5, 5.41) is 15.8. The number of aromatic nitrogens is 5. The molecule has 2 aromatic heterocycles. The quantitative estimate of drug-likeness (QED) is 0.527. The number of nitrogens with zero attached hydrogens (tertiary/aromatic N) is 5. The van der Waals surface area contributed by atoms with E-state index < -0.39 is 0 Å². The fraction of sp³-hybridized carbons (Fsp3) is 0.208. The van der Waals surface area contributed by atoms with Gasteiger partial charge in [-0.1, -0.05) is 23.8 Å². The second-order valence-electron chi connectivity index (χ2n) is 8.07. The summed E-state index contributed by atoms with van der Waals surface area (Å²) in [4.78, 5) is 17.2. The van der Waals surface area contributed by atoms with E-state index in [4.69, 9.17) is 0 Å². The van der Waals surface area contributed by atoms with E-state index in [2.05, 4.69) is 50.7 Å². The van der Waals surface area contributed by atoms with E-state index in [9.17, 15) is 9.18 Å². The van der Waals surface area contributed by atoms with Crippen LogP contribution in [0.15, 0.2) is 48.7 Å². The van der Waals surface area contributed by atoms with Gasteiger partial charge in [0.1, 0.15) is 11.6 Å². The van der Waals surface area contributed by atoms with Crippen LogP contribution < -0.4 is 5.32 Å².